The van der Waals surface area contributed by atoms with Gasteiger partial charge in [0.2, 0.25) is 0 Å². The van der Waals surface area contributed by atoms with Gasteiger partial charge in [0.25, 0.3) is 0 Å². The Morgan fingerprint density at radius 3 is 2.40 bits per heavy atom. The third kappa shape index (κ3) is 2.85. The Morgan fingerprint density at radius 1 is 0.700 bits per heavy atom. The lowest BCUT2D eigenvalue weighted by Crippen LogP contribution is -2.29. The lowest BCUT2D eigenvalue weighted by atomic mass is 9.87. The zero-order valence-corrected chi connectivity index (χ0v) is 18.4. The average molecular weight is 423 g/mol. The third-order valence-electron chi connectivity index (χ3n) is 6.58. The molecule has 0 aliphatic heterocycles. The maximum Gasteiger partial charge on any atom is 0.0125 e. The molecule has 1 atom stereocenters. The van der Waals surface area contributed by atoms with Crippen molar-refractivity contribution in [3.63, 3.8) is 0 Å². The molecule has 0 fully saturated rings. The molecule has 1 unspecified atom stereocenters. The van der Waals surface area contributed by atoms with E-state index in [1.165, 1.54) is 48.0 Å². The Bertz CT molecular complexity index is 1590. The van der Waals surface area contributed by atoms with Gasteiger partial charge in [0.15, 0.2) is 0 Å². The zero-order valence-electron chi connectivity index (χ0n) is 16.6. The third-order valence-corrected chi connectivity index (χ3v) is 7.34. The van der Waals surface area contributed by atoms with E-state index in [4.69, 9.17) is 25.3 Å². The Kier molecular flexibility index (Phi) is 4.33. The molecule has 30 heavy (non-hydrogen) atoms. The van der Waals surface area contributed by atoms with Crippen molar-refractivity contribution in [2.75, 3.05) is 0 Å². The topological polar surface area (TPSA) is 0 Å². The van der Waals surface area contributed by atoms with Crippen LogP contribution in [-0.2, 0) is 0 Å². The number of thiol groups is 2. The van der Waals surface area contributed by atoms with E-state index in [0.717, 1.165) is 29.1 Å². The molecule has 0 N–H and O–H groups in total. The first kappa shape index (κ1) is 18.4. The minimum absolute atomic E-state index is 0.319. The summed E-state index contributed by atoms with van der Waals surface area (Å²) in [6.45, 7) is 0. The summed E-state index contributed by atoms with van der Waals surface area (Å²) < 4.78 is 0. The molecule has 0 amide bonds. The lowest BCUT2D eigenvalue weighted by Gasteiger charge is -2.19. The predicted molar refractivity (Wildman–Crippen MR) is 135 cm³/mol. The van der Waals surface area contributed by atoms with Crippen molar-refractivity contribution < 1.29 is 0 Å². The van der Waals surface area contributed by atoms with Crippen LogP contribution >= 0.6 is 25.3 Å². The first-order chi connectivity index (χ1) is 14.7. The summed E-state index contributed by atoms with van der Waals surface area (Å²) in [5.41, 5.74) is 1.31. The van der Waals surface area contributed by atoms with Crippen LogP contribution in [0.5, 0.6) is 0 Å². The normalized spacial score (nSPS) is 17.3. The standard InChI is InChI=1S/C28H22S2/c29-26-7-3-5-19-11-8-18-10-13-21(15-25(18)28(19)26)24-14-20-12-9-17-4-1-2-6-22(17)23(20)16-27(24)30/h3-12,14-16,21,29-30H,1-2,13H2. The van der Waals surface area contributed by atoms with Gasteiger partial charge in [-0.1, -0.05) is 60.7 Å². The quantitative estimate of drug-likeness (QED) is 0.409. The van der Waals surface area contributed by atoms with Gasteiger partial charge in [0.1, 0.15) is 0 Å². The van der Waals surface area contributed by atoms with Crippen LogP contribution in [0.3, 0.4) is 0 Å². The van der Waals surface area contributed by atoms with Gasteiger partial charge in [-0.25, -0.2) is 0 Å². The summed E-state index contributed by atoms with van der Waals surface area (Å²) >= 11 is 9.70. The molecule has 4 aromatic rings. The van der Waals surface area contributed by atoms with Gasteiger partial charge in [-0.2, -0.15) is 0 Å². The van der Waals surface area contributed by atoms with E-state index in [9.17, 15) is 0 Å². The van der Waals surface area contributed by atoms with E-state index in [1.54, 1.807) is 0 Å². The van der Waals surface area contributed by atoms with E-state index in [1.807, 2.05) is 0 Å². The Balaban J connectivity index is 1.59. The van der Waals surface area contributed by atoms with Crippen LogP contribution in [0.1, 0.15) is 30.7 Å². The first-order valence-corrected chi connectivity index (χ1v) is 11.5. The SMILES string of the molecule is Sc1cc2c3c(ccc2cc1C1C=c2c(ccc4cccc(S)c24)=CC1)=CCCC=3. The molecule has 0 heterocycles. The van der Waals surface area contributed by atoms with Crippen molar-refractivity contribution in [1.82, 2.24) is 0 Å². The molecule has 2 aliphatic rings. The monoisotopic (exact) mass is 422 g/mol. The minimum Gasteiger partial charge on any atom is -0.143 e. The summed E-state index contributed by atoms with van der Waals surface area (Å²) in [4.78, 5) is 2.12. The molecule has 4 aromatic carbocycles. The first-order valence-electron chi connectivity index (χ1n) is 10.6. The summed E-state index contributed by atoms with van der Waals surface area (Å²) in [7, 11) is 0. The smallest absolute Gasteiger partial charge is 0.0125 e. The van der Waals surface area contributed by atoms with Gasteiger partial charge in [0, 0.05) is 21.1 Å². The minimum atomic E-state index is 0.319. The molecular weight excluding hydrogens is 400 g/mol. The second kappa shape index (κ2) is 7.08. The van der Waals surface area contributed by atoms with Crippen LogP contribution in [0.4, 0.5) is 0 Å². The second-order valence-corrected chi connectivity index (χ2v) is 9.31. The summed E-state index contributed by atoms with van der Waals surface area (Å²) in [6, 6.07) is 19.9. The van der Waals surface area contributed by atoms with Crippen LogP contribution in [-0.4, -0.2) is 0 Å². The number of fused-ring (bicyclic) bond motifs is 6. The molecule has 0 saturated carbocycles. The fraction of sp³-hybridized carbons (Fsp3) is 0.143. The fourth-order valence-electron chi connectivity index (χ4n) is 5.09. The van der Waals surface area contributed by atoms with Gasteiger partial charge in [-0.05, 0) is 80.1 Å². The van der Waals surface area contributed by atoms with Crippen molar-refractivity contribution in [1.29, 1.82) is 0 Å². The Hall–Kier alpha value is -2.42. The highest BCUT2D eigenvalue weighted by molar-refractivity contribution is 7.80. The molecule has 0 spiro atoms. The van der Waals surface area contributed by atoms with Crippen LogP contribution in [0.2, 0.25) is 0 Å². The molecule has 2 heteroatoms. The molecule has 146 valence electrons. The van der Waals surface area contributed by atoms with Gasteiger partial charge in [-0.3, -0.25) is 0 Å². The molecule has 0 nitrogen and oxygen atoms in total. The molecule has 0 bridgehead atoms. The van der Waals surface area contributed by atoms with Crippen LogP contribution in [0.15, 0.2) is 64.4 Å². The van der Waals surface area contributed by atoms with Gasteiger partial charge in [0.05, 0.1) is 0 Å². The zero-order chi connectivity index (χ0) is 20.2. The van der Waals surface area contributed by atoms with Crippen LogP contribution < -0.4 is 20.9 Å². The largest absolute Gasteiger partial charge is 0.143 e. The van der Waals surface area contributed by atoms with Crippen molar-refractivity contribution in [2.24, 2.45) is 0 Å². The van der Waals surface area contributed by atoms with Crippen molar-refractivity contribution in [3.05, 3.63) is 81.0 Å². The summed E-state index contributed by atoms with van der Waals surface area (Å²) in [6.07, 6.45) is 12.8. The molecule has 0 radical (unpaired) electrons. The molecule has 0 aromatic heterocycles. The van der Waals surface area contributed by atoms with Gasteiger partial charge in [-0.15, -0.1) is 25.3 Å². The van der Waals surface area contributed by atoms with E-state index in [2.05, 4.69) is 78.9 Å². The molecular formula is C28H22S2. The highest BCUT2D eigenvalue weighted by Crippen LogP contribution is 2.32. The van der Waals surface area contributed by atoms with Crippen molar-refractivity contribution in [3.8, 4) is 0 Å². The van der Waals surface area contributed by atoms with Gasteiger partial charge >= 0.3 is 0 Å². The molecule has 6 rings (SSSR count). The number of hydrogen-bond acceptors (Lipinski definition) is 2. The van der Waals surface area contributed by atoms with Crippen molar-refractivity contribution in [2.45, 2.75) is 35.0 Å². The predicted octanol–water partition coefficient (Wildman–Crippen LogP) is 4.67. The second-order valence-electron chi connectivity index (χ2n) is 8.34. The number of rotatable bonds is 1. The van der Waals surface area contributed by atoms with E-state index < -0.39 is 0 Å². The maximum atomic E-state index is 4.94. The van der Waals surface area contributed by atoms with E-state index in [-0.39, 0.29) is 0 Å². The van der Waals surface area contributed by atoms with Crippen LogP contribution in [0, 0.1) is 0 Å². The average Bonchev–Trinajstić information content (AvgIpc) is 2.78. The molecule has 0 saturated heterocycles. The number of benzene rings is 4. The lowest BCUT2D eigenvalue weighted by molar-refractivity contribution is 0.900. The van der Waals surface area contributed by atoms with E-state index in [0.29, 0.717) is 5.92 Å². The number of hydrogen-bond donors (Lipinski definition) is 2. The summed E-state index contributed by atoms with van der Waals surface area (Å²) in [5, 5.41) is 10.5. The van der Waals surface area contributed by atoms with Gasteiger partial charge < -0.3 is 0 Å². The summed E-state index contributed by atoms with van der Waals surface area (Å²) in [5.74, 6) is 0.319. The maximum absolute atomic E-state index is 4.94. The Labute approximate surface area is 186 Å². The highest BCUT2D eigenvalue weighted by atomic mass is 32.1. The van der Waals surface area contributed by atoms with Crippen molar-refractivity contribution >= 4 is 71.1 Å². The van der Waals surface area contributed by atoms with Crippen LogP contribution in [0.25, 0.3) is 45.8 Å². The highest BCUT2D eigenvalue weighted by Gasteiger charge is 2.16. The van der Waals surface area contributed by atoms with E-state index >= 15 is 0 Å². The Morgan fingerprint density at radius 2 is 1.50 bits per heavy atom. The fourth-order valence-corrected chi connectivity index (χ4v) is 5.78. The molecule has 2 aliphatic carbocycles.